The molecule has 7 heteroatoms. The molecule has 1 saturated heterocycles. The van der Waals surface area contributed by atoms with Crippen molar-refractivity contribution in [2.24, 2.45) is 5.41 Å². The molecule has 21 heavy (non-hydrogen) atoms. The van der Waals surface area contributed by atoms with Gasteiger partial charge in [0.05, 0.1) is 0 Å². The van der Waals surface area contributed by atoms with Gasteiger partial charge in [0.25, 0.3) is 0 Å². The second-order valence-corrected chi connectivity index (χ2v) is 8.20. The van der Waals surface area contributed by atoms with Crippen LogP contribution in [0.1, 0.15) is 44.1 Å². The fraction of sp³-hybridized carbons (Fsp3) is 0.643. The van der Waals surface area contributed by atoms with Gasteiger partial charge in [-0.15, -0.1) is 0 Å². The normalized spacial score (nSPS) is 19.6. The molecule has 0 saturated carbocycles. The highest BCUT2D eigenvalue weighted by Gasteiger charge is 2.35. The number of hydrogen-bond donors (Lipinski definition) is 1. The Balaban J connectivity index is 2.38. The predicted molar refractivity (Wildman–Crippen MR) is 78.8 cm³/mol. The minimum atomic E-state index is -3.63. The molecule has 2 heterocycles. The highest BCUT2D eigenvalue weighted by molar-refractivity contribution is 7.89. The summed E-state index contributed by atoms with van der Waals surface area (Å²) >= 11 is 0. The van der Waals surface area contributed by atoms with Crippen LogP contribution in [0.3, 0.4) is 0 Å². The quantitative estimate of drug-likeness (QED) is 0.922. The molecule has 0 atom stereocenters. The second kappa shape index (κ2) is 5.46. The summed E-state index contributed by atoms with van der Waals surface area (Å²) in [5.41, 5.74) is -0.0406. The molecule has 0 radical (unpaired) electrons. The Labute approximate surface area is 125 Å². The van der Waals surface area contributed by atoms with Crippen LogP contribution in [-0.4, -0.2) is 41.5 Å². The summed E-state index contributed by atoms with van der Waals surface area (Å²) in [6, 6.07) is 1.25. The topological polar surface area (TPSA) is 79.6 Å². The first-order chi connectivity index (χ1) is 9.67. The Kier molecular flexibility index (Phi) is 4.17. The highest BCUT2D eigenvalue weighted by atomic mass is 32.2. The first kappa shape index (κ1) is 16.0. The van der Waals surface area contributed by atoms with Crippen molar-refractivity contribution in [2.45, 2.75) is 45.1 Å². The first-order valence-corrected chi connectivity index (χ1v) is 8.55. The summed E-state index contributed by atoms with van der Waals surface area (Å²) in [5, 5.41) is 9.14. The van der Waals surface area contributed by atoms with Gasteiger partial charge in [-0.3, -0.25) is 0 Å². The number of nitrogens with zero attached hydrogens (tertiary/aromatic N) is 2. The summed E-state index contributed by atoms with van der Waals surface area (Å²) < 4.78 is 28.3. The van der Waals surface area contributed by atoms with Crippen molar-refractivity contribution in [2.75, 3.05) is 13.1 Å². The van der Waals surface area contributed by atoms with Crippen molar-refractivity contribution in [3.8, 4) is 0 Å². The van der Waals surface area contributed by atoms with Crippen molar-refractivity contribution < 1.29 is 18.3 Å². The van der Waals surface area contributed by atoms with Crippen LogP contribution in [0.5, 0.6) is 0 Å². The molecule has 0 spiro atoms. The predicted octanol–water partition coefficient (Wildman–Crippen LogP) is 2.02. The van der Waals surface area contributed by atoms with Gasteiger partial charge in [0.2, 0.25) is 10.0 Å². The van der Waals surface area contributed by atoms with E-state index in [1.54, 1.807) is 6.92 Å². The van der Waals surface area contributed by atoms with Gasteiger partial charge in [-0.25, -0.2) is 13.2 Å². The van der Waals surface area contributed by atoms with E-state index in [4.69, 9.17) is 5.11 Å². The summed E-state index contributed by atoms with van der Waals surface area (Å²) in [6.45, 7) is 7.26. The fourth-order valence-electron chi connectivity index (χ4n) is 2.79. The van der Waals surface area contributed by atoms with E-state index in [0.29, 0.717) is 19.6 Å². The summed E-state index contributed by atoms with van der Waals surface area (Å²) in [4.78, 5) is 11.2. The zero-order valence-electron chi connectivity index (χ0n) is 12.7. The number of carbonyl (C=O) groups is 1. The molecule has 0 unspecified atom stereocenters. The third kappa shape index (κ3) is 3.13. The lowest BCUT2D eigenvalue weighted by Gasteiger charge is -2.36. The SMILES string of the molecule is CCn1cc(S(=O)(=O)N2CCCC(C)(C)C2)cc1C(=O)O. The average molecular weight is 314 g/mol. The Hall–Kier alpha value is -1.34. The molecule has 0 aromatic carbocycles. The van der Waals surface area contributed by atoms with Crippen molar-refractivity contribution in [3.63, 3.8) is 0 Å². The zero-order chi connectivity index (χ0) is 15.8. The Morgan fingerprint density at radius 3 is 2.57 bits per heavy atom. The summed E-state index contributed by atoms with van der Waals surface area (Å²) in [6.07, 6.45) is 3.24. The number of aromatic nitrogens is 1. The third-order valence-electron chi connectivity index (χ3n) is 3.93. The summed E-state index contributed by atoms with van der Waals surface area (Å²) in [5.74, 6) is -1.11. The fourth-order valence-corrected chi connectivity index (χ4v) is 4.50. The number of hydrogen-bond acceptors (Lipinski definition) is 3. The Morgan fingerprint density at radius 2 is 2.10 bits per heavy atom. The van der Waals surface area contributed by atoms with E-state index in [0.717, 1.165) is 12.8 Å². The number of sulfonamides is 1. The van der Waals surface area contributed by atoms with Gasteiger partial charge in [-0.2, -0.15) is 4.31 Å². The van der Waals surface area contributed by atoms with E-state index in [9.17, 15) is 13.2 Å². The maximum atomic E-state index is 12.7. The summed E-state index contributed by atoms with van der Waals surface area (Å²) in [7, 11) is -3.63. The lowest BCUT2D eigenvalue weighted by Crippen LogP contribution is -2.43. The maximum Gasteiger partial charge on any atom is 0.352 e. The van der Waals surface area contributed by atoms with Crippen molar-refractivity contribution >= 4 is 16.0 Å². The minimum Gasteiger partial charge on any atom is -0.477 e. The van der Waals surface area contributed by atoms with Crippen LogP contribution in [0.15, 0.2) is 17.2 Å². The molecule has 1 fully saturated rings. The smallest absolute Gasteiger partial charge is 0.352 e. The molecule has 1 aliphatic rings. The van der Waals surface area contributed by atoms with E-state index in [1.807, 2.05) is 0 Å². The molecule has 0 aliphatic carbocycles. The lowest BCUT2D eigenvalue weighted by atomic mass is 9.85. The van der Waals surface area contributed by atoms with Gasteiger partial charge in [0.15, 0.2) is 0 Å². The number of aromatic carboxylic acids is 1. The lowest BCUT2D eigenvalue weighted by molar-refractivity contribution is 0.0685. The number of carboxylic acid groups (broad SMARTS) is 1. The molecule has 1 N–H and O–H groups in total. The highest BCUT2D eigenvalue weighted by Crippen LogP contribution is 2.32. The van der Waals surface area contributed by atoms with Crippen LogP contribution in [0.4, 0.5) is 0 Å². The van der Waals surface area contributed by atoms with Crippen LogP contribution < -0.4 is 0 Å². The van der Waals surface area contributed by atoms with Crippen molar-refractivity contribution in [1.29, 1.82) is 0 Å². The van der Waals surface area contributed by atoms with Gasteiger partial charge in [-0.1, -0.05) is 13.8 Å². The van der Waals surface area contributed by atoms with Crippen molar-refractivity contribution in [1.82, 2.24) is 8.87 Å². The van der Waals surface area contributed by atoms with Gasteiger partial charge >= 0.3 is 5.97 Å². The molecule has 1 aromatic heterocycles. The molecule has 1 aromatic rings. The van der Waals surface area contributed by atoms with E-state index in [1.165, 1.54) is 21.1 Å². The molecule has 2 rings (SSSR count). The van der Waals surface area contributed by atoms with E-state index < -0.39 is 16.0 Å². The van der Waals surface area contributed by atoms with Crippen molar-refractivity contribution in [3.05, 3.63) is 18.0 Å². The monoisotopic (exact) mass is 314 g/mol. The van der Waals surface area contributed by atoms with Crippen LogP contribution >= 0.6 is 0 Å². The van der Waals surface area contributed by atoms with E-state index in [-0.39, 0.29) is 16.0 Å². The molecule has 6 nitrogen and oxygen atoms in total. The third-order valence-corrected chi connectivity index (χ3v) is 5.75. The largest absolute Gasteiger partial charge is 0.477 e. The van der Waals surface area contributed by atoms with Crippen LogP contribution in [0.25, 0.3) is 0 Å². The number of rotatable bonds is 4. The van der Waals surface area contributed by atoms with Crippen LogP contribution in [0.2, 0.25) is 0 Å². The molecular formula is C14H22N2O4S. The molecule has 0 amide bonds. The maximum absolute atomic E-state index is 12.7. The van der Waals surface area contributed by atoms with Gasteiger partial charge in [0, 0.05) is 25.8 Å². The van der Waals surface area contributed by atoms with Gasteiger partial charge in [0.1, 0.15) is 10.6 Å². The minimum absolute atomic E-state index is 0.00680. The van der Waals surface area contributed by atoms with E-state index in [2.05, 4.69) is 13.8 Å². The number of carboxylic acids is 1. The first-order valence-electron chi connectivity index (χ1n) is 7.11. The molecule has 118 valence electrons. The standard InChI is InChI=1S/C14H22N2O4S/c1-4-15-9-11(8-12(15)13(17)18)21(19,20)16-7-5-6-14(2,3)10-16/h8-9H,4-7,10H2,1-3H3,(H,17,18). The molecule has 0 bridgehead atoms. The average Bonchev–Trinajstić information content (AvgIpc) is 2.82. The van der Waals surface area contributed by atoms with E-state index >= 15 is 0 Å². The molecular weight excluding hydrogens is 292 g/mol. The number of piperidine rings is 1. The molecule has 1 aliphatic heterocycles. The van der Waals surface area contributed by atoms with Crippen LogP contribution in [0, 0.1) is 5.41 Å². The number of aryl methyl sites for hydroxylation is 1. The van der Waals surface area contributed by atoms with Gasteiger partial charge < -0.3 is 9.67 Å². The second-order valence-electron chi connectivity index (χ2n) is 6.26. The van der Waals surface area contributed by atoms with Gasteiger partial charge in [-0.05, 0) is 31.2 Å². The Bertz CT molecular complexity index is 646. The Morgan fingerprint density at radius 1 is 1.43 bits per heavy atom. The zero-order valence-corrected chi connectivity index (χ0v) is 13.5. The van der Waals surface area contributed by atoms with Crippen LogP contribution in [-0.2, 0) is 16.6 Å².